The Balaban J connectivity index is 1.32. The van der Waals surface area contributed by atoms with Crippen LogP contribution in [0.5, 0.6) is 5.75 Å². The van der Waals surface area contributed by atoms with Crippen molar-refractivity contribution in [3.05, 3.63) is 65.7 Å². The monoisotopic (exact) mass is 485 g/mol. The molecule has 2 heterocycles. The molecule has 2 N–H and O–H groups in total. The van der Waals surface area contributed by atoms with Crippen LogP contribution in [0.25, 0.3) is 0 Å². The van der Waals surface area contributed by atoms with Crippen LogP contribution < -0.4 is 14.8 Å². The smallest absolute Gasteiger partial charge is 0.271 e. The number of ether oxygens (including phenoxy) is 1. The van der Waals surface area contributed by atoms with Gasteiger partial charge in [0.15, 0.2) is 11.6 Å². The summed E-state index contributed by atoms with van der Waals surface area (Å²) >= 11 is 1.15. The fourth-order valence-electron chi connectivity index (χ4n) is 3.84. The third-order valence-electron chi connectivity index (χ3n) is 5.56. The maximum atomic E-state index is 12.6. The number of nitrogens with zero attached hydrogens (tertiary/aromatic N) is 1. The lowest BCUT2D eigenvalue weighted by atomic mass is 9.90. The van der Waals surface area contributed by atoms with Crippen molar-refractivity contribution in [2.24, 2.45) is 5.92 Å². The van der Waals surface area contributed by atoms with Crippen LogP contribution in [0.15, 0.2) is 64.3 Å². The van der Waals surface area contributed by atoms with Crippen LogP contribution >= 0.6 is 11.3 Å². The molecular weight excluding hydrogens is 458 g/mol. The highest BCUT2D eigenvalue weighted by atomic mass is 32.2. The Morgan fingerprint density at radius 3 is 2.58 bits per heavy atom. The van der Waals surface area contributed by atoms with E-state index in [-0.39, 0.29) is 16.5 Å². The molecule has 1 aliphatic rings. The fraction of sp³-hybridized carbons (Fsp3) is 0.333. The molecule has 0 saturated heterocycles. The molecule has 1 amide bonds. The van der Waals surface area contributed by atoms with E-state index in [9.17, 15) is 13.2 Å². The predicted octanol–water partition coefficient (Wildman–Crippen LogP) is 5.08. The van der Waals surface area contributed by atoms with Crippen molar-refractivity contribution >= 4 is 38.8 Å². The lowest BCUT2D eigenvalue weighted by molar-refractivity contribution is -0.115. The van der Waals surface area contributed by atoms with Crippen molar-refractivity contribution in [1.29, 1.82) is 0 Å². The molecule has 33 heavy (non-hydrogen) atoms. The second-order valence-corrected chi connectivity index (χ2v) is 11.0. The van der Waals surface area contributed by atoms with Gasteiger partial charge in [-0.05, 0) is 60.0 Å². The number of pyridine rings is 1. The highest BCUT2D eigenvalue weighted by molar-refractivity contribution is 7.94. The molecule has 0 radical (unpaired) electrons. The van der Waals surface area contributed by atoms with Crippen LogP contribution in [0.1, 0.15) is 37.7 Å². The van der Waals surface area contributed by atoms with Gasteiger partial charge in [-0.15, -0.1) is 11.3 Å². The minimum atomic E-state index is -3.60. The number of thiophene rings is 1. The zero-order valence-electron chi connectivity index (χ0n) is 18.2. The second-order valence-electron chi connectivity index (χ2n) is 8.12. The van der Waals surface area contributed by atoms with E-state index in [1.165, 1.54) is 32.1 Å². The Bertz CT molecular complexity index is 1160. The van der Waals surface area contributed by atoms with Crippen LogP contribution in [0, 0.1) is 5.92 Å². The van der Waals surface area contributed by atoms with Gasteiger partial charge in [0.2, 0.25) is 5.91 Å². The van der Waals surface area contributed by atoms with E-state index in [2.05, 4.69) is 15.0 Å². The number of aromatic nitrogens is 1. The highest BCUT2D eigenvalue weighted by Gasteiger charge is 2.17. The average Bonchev–Trinajstić information content (AvgIpc) is 3.37. The number of sulfonamides is 1. The molecule has 4 rings (SSSR count). The second kappa shape index (κ2) is 10.8. The molecule has 0 unspecified atom stereocenters. The minimum absolute atomic E-state index is 0.136. The number of hydrogen-bond donors (Lipinski definition) is 2. The summed E-state index contributed by atoms with van der Waals surface area (Å²) in [6.07, 6.45) is 7.92. The van der Waals surface area contributed by atoms with Gasteiger partial charge in [0.05, 0.1) is 13.0 Å². The molecule has 7 nitrogen and oxygen atoms in total. The SMILES string of the molecule is O=C(Cc1ccc(NS(=O)(=O)c2cccs2)cc1)Nc1ncccc1OCC1CCCCC1. The number of carbonyl (C=O) groups is 1. The van der Waals surface area contributed by atoms with E-state index in [0.717, 1.165) is 16.9 Å². The standard InChI is InChI=1S/C24H27N3O4S2/c28-22(26-24-21(8-4-14-25-24)31-17-19-6-2-1-3-7-19)16-18-10-12-20(13-11-18)27-33(29,30)23-9-5-15-32-23/h4-5,8-15,19,27H,1-3,6-7,16-17H2,(H,25,26,28). The molecule has 1 aliphatic carbocycles. The minimum Gasteiger partial charge on any atom is -0.489 e. The van der Waals surface area contributed by atoms with Gasteiger partial charge in [0, 0.05) is 11.9 Å². The van der Waals surface area contributed by atoms with E-state index < -0.39 is 10.0 Å². The van der Waals surface area contributed by atoms with Gasteiger partial charge in [-0.3, -0.25) is 9.52 Å². The maximum Gasteiger partial charge on any atom is 0.271 e. The van der Waals surface area contributed by atoms with Crippen molar-refractivity contribution in [2.75, 3.05) is 16.6 Å². The summed E-state index contributed by atoms with van der Waals surface area (Å²) in [6.45, 7) is 0.636. The van der Waals surface area contributed by atoms with E-state index >= 15 is 0 Å². The maximum absolute atomic E-state index is 12.6. The fourth-order valence-corrected chi connectivity index (χ4v) is 5.89. The summed E-state index contributed by atoms with van der Waals surface area (Å²) in [4.78, 5) is 16.9. The molecule has 1 saturated carbocycles. The quantitative estimate of drug-likeness (QED) is 0.440. The molecular formula is C24H27N3O4S2. The highest BCUT2D eigenvalue weighted by Crippen LogP contribution is 2.27. The molecule has 0 atom stereocenters. The molecule has 1 aromatic carbocycles. The van der Waals surface area contributed by atoms with E-state index in [1.54, 1.807) is 54.0 Å². The third-order valence-corrected chi connectivity index (χ3v) is 8.34. The molecule has 2 aromatic heterocycles. The van der Waals surface area contributed by atoms with Gasteiger partial charge in [-0.2, -0.15) is 0 Å². The number of hydrogen-bond acceptors (Lipinski definition) is 6. The van der Waals surface area contributed by atoms with Gasteiger partial charge in [0.1, 0.15) is 4.21 Å². The zero-order chi connectivity index (χ0) is 23.1. The Morgan fingerprint density at radius 2 is 1.85 bits per heavy atom. The molecule has 0 spiro atoms. The normalized spacial score (nSPS) is 14.5. The Morgan fingerprint density at radius 1 is 1.06 bits per heavy atom. The van der Waals surface area contributed by atoms with Gasteiger partial charge < -0.3 is 10.1 Å². The van der Waals surface area contributed by atoms with Gasteiger partial charge in [-0.1, -0.05) is 37.5 Å². The average molecular weight is 486 g/mol. The lowest BCUT2D eigenvalue weighted by Gasteiger charge is -2.22. The number of anilines is 2. The number of benzene rings is 1. The van der Waals surface area contributed by atoms with Gasteiger partial charge in [-0.25, -0.2) is 13.4 Å². The summed E-state index contributed by atoms with van der Waals surface area (Å²) in [7, 11) is -3.60. The largest absolute Gasteiger partial charge is 0.489 e. The molecule has 174 valence electrons. The Hall–Kier alpha value is -2.91. The summed E-state index contributed by atoms with van der Waals surface area (Å²) < 4.78 is 33.4. The molecule has 0 aliphatic heterocycles. The van der Waals surface area contributed by atoms with Crippen LogP contribution in [0.2, 0.25) is 0 Å². The number of carbonyl (C=O) groups excluding carboxylic acids is 1. The van der Waals surface area contributed by atoms with Crippen molar-refractivity contribution in [2.45, 2.75) is 42.7 Å². The summed E-state index contributed by atoms with van der Waals surface area (Å²) in [5, 5.41) is 4.55. The molecule has 9 heteroatoms. The molecule has 0 bridgehead atoms. The van der Waals surface area contributed by atoms with Crippen molar-refractivity contribution in [3.8, 4) is 5.75 Å². The Labute approximate surface area is 198 Å². The predicted molar refractivity (Wildman–Crippen MR) is 130 cm³/mol. The third kappa shape index (κ3) is 6.55. The zero-order valence-corrected chi connectivity index (χ0v) is 19.8. The van der Waals surface area contributed by atoms with Crippen LogP contribution in [-0.4, -0.2) is 25.9 Å². The van der Waals surface area contributed by atoms with Gasteiger partial charge in [0.25, 0.3) is 10.0 Å². The summed E-state index contributed by atoms with van der Waals surface area (Å²) in [6, 6.07) is 13.6. The number of amides is 1. The topological polar surface area (TPSA) is 97.4 Å². The van der Waals surface area contributed by atoms with Crippen molar-refractivity contribution < 1.29 is 17.9 Å². The van der Waals surface area contributed by atoms with Crippen LogP contribution in [-0.2, 0) is 21.2 Å². The van der Waals surface area contributed by atoms with Crippen LogP contribution in [0.3, 0.4) is 0 Å². The summed E-state index contributed by atoms with van der Waals surface area (Å²) in [5.74, 6) is 1.33. The molecule has 1 fully saturated rings. The first-order valence-corrected chi connectivity index (χ1v) is 13.4. The van der Waals surface area contributed by atoms with Crippen molar-refractivity contribution in [3.63, 3.8) is 0 Å². The molecule has 3 aromatic rings. The van der Waals surface area contributed by atoms with Crippen LogP contribution in [0.4, 0.5) is 11.5 Å². The van der Waals surface area contributed by atoms with Crippen molar-refractivity contribution in [1.82, 2.24) is 4.98 Å². The number of nitrogens with one attached hydrogen (secondary N) is 2. The van der Waals surface area contributed by atoms with E-state index in [4.69, 9.17) is 4.74 Å². The Kier molecular flexibility index (Phi) is 7.61. The van der Waals surface area contributed by atoms with E-state index in [0.29, 0.717) is 29.8 Å². The van der Waals surface area contributed by atoms with E-state index in [1.807, 2.05) is 6.07 Å². The number of rotatable bonds is 9. The first kappa shape index (κ1) is 23.3. The summed E-state index contributed by atoms with van der Waals surface area (Å²) in [5.41, 5.74) is 1.20. The first-order valence-electron chi connectivity index (χ1n) is 11.0. The lowest BCUT2D eigenvalue weighted by Crippen LogP contribution is -2.18. The first-order chi connectivity index (χ1) is 16.0. The van der Waals surface area contributed by atoms with Gasteiger partial charge >= 0.3 is 0 Å².